The minimum atomic E-state index is -0.561. The highest BCUT2D eigenvalue weighted by molar-refractivity contribution is 5.70. The summed E-state index contributed by atoms with van der Waals surface area (Å²) in [5.41, 5.74) is 1.51. The predicted molar refractivity (Wildman–Crippen MR) is 86.6 cm³/mol. The summed E-state index contributed by atoms with van der Waals surface area (Å²) in [7, 11) is 6.24. The third-order valence-corrected chi connectivity index (χ3v) is 3.60. The van der Waals surface area contributed by atoms with Crippen LogP contribution in [0.2, 0.25) is 0 Å². The molecule has 2 rings (SSSR count). The van der Waals surface area contributed by atoms with Crippen molar-refractivity contribution in [1.82, 2.24) is 0 Å². The minimum absolute atomic E-state index is 0.561. The highest BCUT2D eigenvalue weighted by atomic mass is 16.5. The van der Waals surface area contributed by atoms with Gasteiger partial charge in [0.1, 0.15) is 0 Å². The van der Waals surface area contributed by atoms with Crippen LogP contribution in [0.4, 0.5) is 0 Å². The van der Waals surface area contributed by atoms with Gasteiger partial charge >= 0.3 is 0 Å². The second-order valence-electron chi connectivity index (χ2n) is 4.78. The Balaban J connectivity index is 2.45. The minimum Gasteiger partial charge on any atom is -0.493 e. The molecule has 0 amide bonds. The van der Waals surface area contributed by atoms with Gasteiger partial charge in [-0.1, -0.05) is 12.1 Å². The van der Waals surface area contributed by atoms with Crippen molar-refractivity contribution in [3.05, 3.63) is 47.5 Å². The molecule has 0 bridgehead atoms. The van der Waals surface area contributed by atoms with E-state index in [0.717, 1.165) is 11.1 Å². The maximum atomic E-state index is 11.5. The Morgan fingerprint density at radius 3 is 1.39 bits per heavy atom. The van der Waals surface area contributed by atoms with Gasteiger partial charge in [-0.2, -0.15) is 0 Å². The van der Waals surface area contributed by atoms with E-state index in [1.807, 2.05) is 12.1 Å². The average Bonchev–Trinajstić information content (AvgIpc) is 2.61. The molecule has 2 aromatic rings. The summed E-state index contributed by atoms with van der Waals surface area (Å²) in [5, 5.41) is 0. The lowest BCUT2D eigenvalue weighted by atomic mass is 9.92. The van der Waals surface area contributed by atoms with Gasteiger partial charge in [0.25, 0.3) is 0 Å². The molecule has 0 fully saturated rings. The third kappa shape index (κ3) is 3.39. The Morgan fingerprint density at radius 2 is 1.09 bits per heavy atom. The monoisotopic (exact) mass is 315 g/mol. The van der Waals surface area contributed by atoms with Gasteiger partial charge < -0.3 is 18.9 Å². The molecule has 1 radical (unpaired) electrons. The molecule has 5 heteroatoms. The Morgan fingerprint density at radius 1 is 0.696 bits per heavy atom. The fourth-order valence-electron chi connectivity index (χ4n) is 2.39. The summed E-state index contributed by atoms with van der Waals surface area (Å²) < 4.78 is 21.0. The van der Waals surface area contributed by atoms with Crippen LogP contribution in [0.1, 0.15) is 17.0 Å². The number of hydrogen-bond donors (Lipinski definition) is 0. The second kappa shape index (κ2) is 7.54. The first kappa shape index (κ1) is 16.7. The molecule has 0 heterocycles. The highest BCUT2D eigenvalue weighted by Gasteiger charge is 2.18. The van der Waals surface area contributed by atoms with Gasteiger partial charge in [-0.3, -0.25) is 4.79 Å². The van der Waals surface area contributed by atoms with Crippen LogP contribution in [0.15, 0.2) is 36.4 Å². The van der Waals surface area contributed by atoms with Crippen LogP contribution < -0.4 is 18.9 Å². The number of benzene rings is 2. The summed E-state index contributed by atoms with van der Waals surface area (Å²) in [5.74, 6) is 1.77. The molecular formula is C18H19O5. The van der Waals surface area contributed by atoms with Crippen LogP contribution in [0, 0.1) is 0 Å². The largest absolute Gasteiger partial charge is 0.493 e. The Hall–Kier alpha value is -2.69. The van der Waals surface area contributed by atoms with Gasteiger partial charge in [0, 0.05) is 0 Å². The molecule has 121 valence electrons. The van der Waals surface area contributed by atoms with Gasteiger partial charge in [0.05, 0.1) is 34.4 Å². The molecule has 0 spiro atoms. The normalized spacial score (nSPS) is 10.3. The SMILES string of the molecule is COc1ccc(C([C]=O)c2ccc(OC)c(OC)c2)cc1OC. The van der Waals surface area contributed by atoms with Crippen molar-refractivity contribution in [3.8, 4) is 23.0 Å². The molecular weight excluding hydrogens is 296 g/mol. The maximum Gasteiger partial charge on any atom is 0.211 e. The van der Waals surface area contributed by atoms with Crippen LogP contribution in [0.25, 0.3) is 0 Å². The lowest BCUT2D eigenvalue weighted by Gasteiger charge is -2.16. The first-order chi connectivity index (χ1) is 11.2. The van der Waals surface area contributed by atoms with E-state index >= 15 is 0 Å². The predicted octanol–water partition coefficient (Wildman–Crippen LogP) is 2.96. The smallest absolute Gasteiger partial charge is 0.211 e. The summed E-state index contributed by atoms with van der Waals surface area (Å²) in [6, 6.07) is 10.7. The molecule has 5 nitrogen and oxygen atoms in total. The zero-order valence-electron chi connectivity index (χ0n) is 13.6. The lowest BCUT2D eigenvalue weighted by molar-refractivity contribution is 0.354. The van der Waals surface area contributed by atoms with Crippen molar-refractivity contribution in [1.29, 1.82) is 0 Å². The van der Waals surface area contributed by atoms with Crippen molar-refractivity contribution in [3.63, 3.8) is 0 Å². The van der Waals surface area contributed by atoms with Gasteiger partial charge in [-0.05, 0) is 35.4 Å². The van der Waals surface area contributed by atoms with Crippen LogP contribution in [-0.4, -0.2) is 34.7 Å². The molecule has 0 saturated carbocycles. The van der Waals surface area contributed by atoms with E-state index in [-0.39, 0.29) is 0 Å². The van der Waals surface area contributed by atoms with E-state index in [1.54, 1.807) is 52.7 Å². The van der Waals surface area contributed by atoms with Crippen LogP contribution in [0.5, 0.6) is 23.0 Å². The lowest BCUT2D eigenvalue weighted by Crippen LogP contribution is -2.04. The zero-order chi connectivity index (χ0) is 16.8. The number of ether oxygens (including phenoxy) is 4. The van der Waals surface area contributed by atoms with Gasteiger partial charge in [-0.25, -0.2) is 0 Å². The molecule has 0 aliphatic carbocycles. The van der Waals surface area contributed by atoms with Crippen LogP contribution in [-0.2, 0) is 4.79 Å². The number of hydrogen-bond acceptors (Lipinski definition) is 5. The Kier molecular flexibility index (Phi) is 5.46. The second-order valence-corrected chi connectivity index (χ2v) is 4.78. The molecule has 2 aromatic carbocycles. The molecule has 0 aliphatic rings. The molecule has 0 atom stereocenters. The number of methoxy groups -OCH3 is 4. The Bertz CT molecular complexity index is 626. The quantitative estimate of drug-likeness (QED) is 0.786. The van der Waals surface area contributed by atoms with Crippen molar-refractivity contribution in [2.45, 2.75) is 5.92 Å². The van der Waals surface area contributed by atoms with Crippen molar-refractivity contribution < 1.29 is 23.7 Å². The summed E-state index contributed by atoms with van der Waals surface area (Å²) in [6.45, 7) is 0. The van der Waals surface area contributed by atoms with Crippen LogP contribution >= 0.6 is 0 Å². The molecule has 0 saturated heterocycles. The molecule has 0 unspecified atom stereocenters. The van der Waals surface area contributed by atoms with E-state index in [2.05, 4.69) is 6.29 Å². The topological polar surface area (TPSA) is 54.0 Å². The first-order valence-electron chi connectivity index (χ1n) is 7.00. The van der Waals surface area contributed by atoms with E-state index < -0.39 is 5.92 Å². The summed E-state index contributed by atoms with van der Waals surface area (Å²) >= 11 is 0. The molecule has 23 heavy (non-hydrogen) atoms. The molecule has 0 aliphatic heterocycles. The molecule has 0 aromatic heterocycles. The third-order valence-electron chi connectivity index (χ3n) is 3.60. The van der Waals surface area contributed by atoms with E-state index in [9.17, 15) is 4.79 Å². The van der Waals surface area contributed by atoms with E-state index in [0.29, 0.717) is 23.0 Å². The van der Waals surface area contributed by atoms with Crippen LogP contribution in [0.3, 0.4) is 0 Å². The average molecular weight is 315 g/mol. The summed E-state index contributed by atoms with van der Waals surface area (Å²) in [4.78, 5) is 11.5. The molecule has 0 N–H and O–H groups in total. The Labute approximate surface area is 135 Å². The highest BCUT2D eigenvalue weighted by Crippen LogP contribution is 2.35. The summed E-state index contributed by atoms with van der Waals surface area (Å²) in [6.07, 6.45) is 2.07. The van der Waals surface area contributed by atoms with Gasteiger partial charge in [0.2, 0.25) is 6.29 Å². The van der Waals surface area contributed by atoms with Gasteiger partial charge in [-0.15, -0.1) is 0 Å². The number of carbonyl (C=O) groups excluding carboxylic acids is 1. The van der Waals surface area contributed by atoms with Crippen molar-refractivity contribution in [2.75, 3.05) is 28.4 Å². The zero-order valence-corrected chi connectivity index (χ0v) is 13.6. The van der Waals surface area contributed by atoms with Crippen molar-refractivity contribution in [2.24, 2.45) is 0 Å². The standard InChI is InChI=1S/C18H19O5/c1-20-15-7-5-12(9-17(15)22-3)14(11-19)13-6-8-16(21-2)18(10-13)23-4/h5-10,14H,1-4H3. The maximum absolute atomic E-state index is 11.5. The fourth-order valence-corrected chi connectivity index (χ4v) is 2.39. The van der Waals surface area contributed by atoms with E-state index in [1.165, 1.54) is 0 Å². The fraction of sp³-hybridized carbons (Fsp3) is 0.278. The van der Waals surface area contributed by atoms with E-state index in [4.69, 9.17) is 18.9 Å². The van der Waals surface area contributed by atoms with Crippen molar-refractivity contribution >= 4 is 6.29 Å². The first-order valence-corrected chi connectivity index (χ1v) is 7.00. The van der Waals surface area contributed by atoms with Gasteiger partial charge in [0.15, 0.2) is 23.0 Å². The number of rotatable bonds is 7.